The second kappa shape index (κ2) is 6.01. The average Bonchev–Trinajstić information content (AvgIpc) is 2.90. The summed E-state index contributed by atoms with van der Waals surface area (Å²) < 4.78 is 15.4. The predicted molar refractivity (Wildman–Crippen MR) is 85.6 cm³/mol. The number of hydrogen-bond acceptors (Lipinski definition) is 5. The van der Waals surface area contributed by atoms with Gasteiger partial charge in [0.2, 0.25) is 4.77 Å². The molecule has 0 spiro atoms. The van der Waals surface area contributed by atoms with Gasteiger partial charge in [0.25, 0.3) is 0 Å². The maximum atomic E-state index is 13.9. The van der Waals surface area contributed by atoms with E-state index in [1.807, 2.05) is 0 Å². The first-order valence-corrected chi connectivity index (χ1v) is 6.96. The van der Waals surface area contributed by atoms with Gasteiger partial charge in [-0.1, -0.05) is 12.1 Å². The topological polar surface area (TPSA) is 86.4 Å². The van der Waals surface area contributed by atoms with Crippen molar-refractivity contribution in [3.05, 3.63) is 58.6 Å². The van der Waals surface area contributed by atoms with Gasteiger partial charge in [0.15, 0.2) is 17.3 Å². The van der Waals surface area contributed by atoms with E-state index < -0.39 is 5.82 Å². The average molecular weight is 330 g/mol. The van der Waals surface area contributed by atoms with Crippen LogP contribution in [0.15, 0.2) is 47.6 Å². The molecule has 0 aliphatic heterocycles. The van der Waals surface area contributed by atoms with Crippen molar-refractivity contribution in [2.45, 2.75) is 0 Å². The quantitative estimate of drug-likeness (QED) is 0.391. The Morgan fingerprint density at radius 3 is 2.70 bits per heavy atom. The van der Waals surface area contributed by atoms with Crippen LogP contribution in [0.4, 0.5) is 4.39 Å². The molecule has 1 aromatic heterocycles. The first kappa shape index (κ1) is 14.9. The Labute approximate surface area is 135 Å². The first-order valence-electron chi connectivity index (χ1n) is 6.55. The number of rotatable bonds is 3. The van der Waals surface area contributed by atoms with E-state index in [0.29, 0.717) is 5.56 Å². The number of aromatic hydroxyl groups is 2. The summed E-state index contributed by atoms with van der Waals surface area (Å²) in [6.07, 6.45) is 1.41. The number of nitrogens with one attached hydrogen (secondary N) is 1. The van der Waals surface area contributed by atoms with Gasteiger partial charge in [-0.05, 0) is 48.1 Å². The summed E-state index contributed by atoms with van der Waals surface area (Å²) in [5, 5.41) is 29.5. The summed E-state index contributed by atoms with van der Waals surface area (Å²) in [5.74, 6) is -0.708. The van der Waals surface area contributed by atoms with Gasteiger partial charge in [-0.25, -0.2) is 9.49 Å². The van der Waals surface area contributed by atoms with E-state index in [9.17, 15) is 14.6 Å². The lowest BCUT2D eigenvalue weighted by Crippen LogP contribution is -1.96. The van der Waals surface area contributed by atoms with Crippen LogP contribution < -0.4 is 0 Å². The first-order chi connectivity index (χ1) is 11.1. The van der Waals surface area contributed by atoms with Crippen molar-refractivity contribution in [2.24, 2.45) is 5.10 Å². The van der Waals surface area contributed by atoms with Crippen molar-refractivity contribution in [1.29, 1.82) is 0 Å². The monoisotopic (exact) mass is 330 g/mol. The van der Waals surface area contributed by atoms with Gasteiger partial charge >= 0.3 is 0 Å². The second-order valence-corrected chi connectivity index (χ2v) is 5.02. The van der Waals surface area contributed by atoms with Crippen LogP contribution in [0.3, 0.4) is 0 Å². The van der Waals surface area contributed by atoms with Crippen molar-refractivity contribution in [3.8, 4) is 22.9 Å². The van der Waals surface area contributed by atoms with Crippen LogP contribution in [-0.4, -0.2) is 31.3 Å². The number of halogens is 1. The SMILES string of the molecule is Oc1ccc(C=Nn2c(-c3ccccc3F)n[nH]c2=S)cc1O. The van der Waals surface area contributed by atoms with Crippen LogP contribution in [0.25, 0.3) is 11.4 Å². The fourth-order valence-electron chi connectivity index (χ4n) is 1.96. The molecule has 3 rings (SSSR count). The molecule has 0 unspecified atom stereocenters. The molecule has 0 amide bonds. The van der Waals surface area contributed by atoms with Gasteiger partial charge in [0.1, 0.15) is 5.82 Å². The number of phenolic OH excluding ortho intramolecular Hbond substituents is 2. The van der Waals surface area contributed by atoms with E-state index in [2.05, 4.69) is 15.3 Å². The molecular formula is C15H11FN4O2S. The Hall–Kier alpha value is -3.00. The standard InChI is InChI=1S/C15H11FN4O2S/c16-11-4-2-1-3-10(11)14-18-19-15(23)20(14)17-8-9-5-6-12(21)13(22)7-9/h1-8,21-22H,(H,19,23). The normalized spacial score (nSPS) is 11.2. The van der Waals surface area contributed by atoms with Crippen LogP contribution in [0, 0.1) is 10.6 Å². The van der Waals surface area contributed by atoms with E-state index in [4.69, 9.17) is 12.2 Å². The molecule has 116 valence electrons. The maximum Gasteiger partial charge on any atom is 0.216 e. The molecule has 1 heterocycles. The minimum atomic E-state index is -0.444. The fraction of sp³-hybridized carbons (Fsp3) is 0. The van der Waals surface area contributed by atoms with Crippen molar-refractivity contribution in [1.82, 2.24) is 14.9 Å². The van der Waals surface area contributed by atoms with Gasteiger partial charge in [0, 0.05) is 0 Å². The van der Waals surface area contributed by atoms with E-state index in [1.54, 1.807) is 24.3 Å². The van der Waals surface area contributed by atoms with E-state index in [0.717, 1.165) is 0 Å². The van der Waals surface area contributed by atoms with Crippen LogP contribution >= 0.6 is 12.2 Å². The van der Waals surface area contributed by atoms with Gasteiger partial charge in [-0.2, -0.15) is 14.9 Å². The lowest BCUT2D eigenvalue weighted by atomic mass is 10.2. The van der Waals surface area contributed by atoms with Gasteiger partial charge in [0.05, 0.1) is 11.8 Å². The Bertz CT molecular complexity index is 949. The lowest BCUT2D eigenvalue weighted by molar-refractivity contribution is 0.403. The molecule has 23 heavy (non-hydrogen) atoms. The highest BCUT2D eigenvalue weighted by Gasteiger charge is 2.12. The van der Waals surface area contributed by atoms with Crippen LogP contribution in [-0.2, 0) is 0 Å². The van der Waals surface area contributed by atoms with Crippen molar-refractivity contribution in [2.75, 3.05) is 0 Å². The predicted octanol–water partition coefficient (Wildman–Crippen LogP) is 3.04. The maximum absolute atomic E-state index is 13.9. The summed E-state index contributed by atoms with van der Waals surface area (Å²) in [6, 6.07) is 10.4. The van der Waals surface area contributed by atoms with Gasteiger partial charge < -0.3 is 10.2 Å². The fourth-order valence-corrected chi connectivity index (χ4v) is 2.14. The summed E-state index contributed by atoms with van der Waals surface area (Å²) in [6.45, 7) is 0. The lowest BCUT2D eigenvalue weighted by Gasteiger charge is -2.02. The van der Waals surface area contributed by atoms with Crippen molar-refractivity contribution >= 4 is 18.4 Å². The van der Waals surface area contributed by atoms with Gasteiger partial charge in [-0.3, -0.25) is 0 Å². The summed E-state index contributed by atoms with van der Waals surface area (Å²) >= 11 is 5.10. The smallest absolute Gasteiger partial charge is 0.216 e. The van der Waals surface area contributed by atoms with Crippen LogP contribution in [0.5, 0.6) is 11.5 Å². The molecule has 6 nitrogen and oxygen atoms in total. The number of phenols is 2. The molecule has 0 aliphatic rings. The summed E-state index contributed by atoms with van der Waals surface area (Å²) in [4.78, 5) is 0. The molecule has 0 radical (unpaired) electrons. The minimum Gasteiger partial charge on any atom is -0.504 e. The number of aromatic nitrogens is 3. The number of hydrogen-bond donors (Lipinski definition) is 3. The third-order valence-corrected chi connectivity index (χ3v) is 3.35. The van der Waals surface area contributed by atoms with Crippen molar-refractivity contribution < 1.29 is 14.6 Å². The van der Waals surface area contributed by atoms with E-state index in [1.165, 1.54) is 29.1 Å². The minimum absolute atomic E-state index is 0.197. The highest BCUT2D eigenvalue weighted by atomic mass is 32.1. The Morgan fingerprint density at radius 2 is 1.96 bits per heavy atom. The summed E-state index contributed by atoms with van der Waals surface area (Å²) in [5.41, 5.74) is 0.786. The molecule has 0 saturated heterocycles. The molecule has 0 aliphatic carbocycles. The highest BCUT2D eigenvalue weighted by Crippen LogP contribution is 2.24. The molecule has 0 bridgehead atoms. The molecular weight excluding hydrogens is 319 g/mol. The molecule has 3 aromatic rings. The molecule has 0 atom stereocenters. The van der Waals surface area contributed by atoms with Crippen LogP contribution in [0.2, 0.25) is 0 Å². The molecule has 2 aromatic carbocycles. The van der Waals surface area contributed by atoms with Gasteiger partial charge in [-0.15, -0.1) is 0 Å². The third kappa shape index (κ3) is 2.97. The molecule has 0 fully saturated rings. The zero-order valence-electron chi connectivity index (χ0n) is 11.6. The third-order valence-electron chi connectivity index (χ3n) is 3.09. The molecule has 3 N–H and O–H groups in total. The zero-order chi connectivity index (χ0) is 16.4. The largest absolute Gasteiger partial charge is 0.504 e. The molecule has 0 saturated carbocycles. The Morgan fingerprint density at radius 1 is 1.17 bits per heavy atom. The number of H-pyrrole nitrogens is 1. The number of aromatic amines is 1. The molecule has 8 heteroatoms. The number of benzene rings is 2. The Balaban J connectivity index is 2.02. The van der Waals surface area contributed by atoms with Crippen molar-refractivity contribution in [3.63, 3.8) is 0 Å². The zero-order valence-corrected chi connectivity index (χ0v) is 12.5. The van der Waals surface area contributed by atoms with E-state index >= 15 is 0 Å². The number of nitrogens with zero attached hydrogens (tertiary/aromatic N) is 3. The second-order valence-electron chi connectivity index (χ2n) is 4.64. The summed E-state index contributed by atoms with van der Waals surface area (Å²) in [7, 11) is 0. The highest BCUT2D eigenvalue weighted by molar-refractivity contribution is 7.71. The Kier molecular flexibility index (Phi) is 3.90. The van der Waals surface area contributed by atoms with Crippen LogP contribution in [0.1, 0.15) is 5.56 Å². The van der Waals surface area contributed by atoms with E-state index in [-0.39, 0.29) is 27.7 Å².